The zero-order chi connectivity index (χ0) is 18.3. The van der Waals surface area contributed by atoms with Gasteiger partial charge in [0.1, 0.15) is 11.5 Å². The number of benzene rings is 1. The summed E-state index contributed by atoms with van der Waals surface area (Å²) in [5.41, 5.74) is 0.979. The smallest absolute Gasteiger partial charge is 0.358 e. The first-order valence-corrected chi connectivity index (χ1v) is 8.24. The second-order valence-corrected chi connectivity index (χ2v) is 6.35. The number of H-pyrrole nitrogens is 1. The molecule has 1 unspecified atom stereocenters. The van der Waals surface area contributed by atoms with E-state index in [1.807, 2.05) is 0 Å². The van der Waals surface area contributed by atoms with Gasteiger partial charge in [-0.05, 0) is 37.1 Å². The van der Waals surface area contributed by atoms with Crippen LogP contribution in [0.3, 0.4) is 0 Å². The Morgan fingerprint density at radius 3 is 2.92 bits per heavy atom. The molecular weight excluding hydrogens is 341 g/mol. The standard InChI is InChI=1S/C17H16FN5O3/c18-11-3-4-13-10(6-11)7-14(19-13)16(24)22-5-1-2-12(8-22)23-9-15(17(25)26)20-21-23/h3-4,6-7,9,12,19H,1-2,5,8H2,(H,25,26). The highest BCUT2D eigenvalue weighted by Crippen LogP contribution is 2.24. The van der Waals surface area contributed by atoms with Gasteiger partial charge in [-0.25, -0.2) is 13.9 Å². The van der Waals surface area contributed by atoms with Gasteiger partial charge in [0.25, 0.3) is 5.91 Å². The molecule has 1 aliphatic heterocycles. The molecule has 9 heteroatoms. The number of carbonyl (C=O) groups is 2. The Labute approximate surface area is 147 Å². The lowest BCUT2D eigenvalue weighted by molar-refractivity contribution is 0.0662. The van der Waals surface area contributed by atoms with Crippen molar-refractivity contribution in [3.8, 4) is 0 Å². The number of fused-ring (bicyclic) bond motifs is 1. The van der Waals surface area contributed by atoms with Crippen molar-refractivity contribution in [2.24, 2.45) is 0 Å². The average Bonchev–Trinajstić information content (AvgIpc) is 3.28. The molecule has 1 aromatic carbocycles. The van der Waals surface area contributed by atoms with Crippen LogP contribution in [0.25, 0.3) is 10.9 Å². The molecule has 0 saturated carbocycles. The van der Waals surface area contributed by atoms with Crippen LogP contribution in [0.2, 0.25) is 0 Å². The maximum Gasteiger partial charge on any atom is 0.358 e. The van der Waals surface area contributed by atoms with Crippen LogP contribution < -0.4 is 0 Å². The predicted molar refractivity (Wildman–Crippen MR) is 89.4 cm³/mol. The topological polar surface area (TPSA) is 104 Å². The van der Waals surface area contributed by atoms with Crippen LogP contribution in [0.5, 0.6) is 0 Å². The van der Waals surface area contributed by atoms with E-state index in [1.54, 1.807) is 17.0 Å². The molecule has 0 radical (unpaired) electrons. The van der Waals surface area contributed by atoms with Gasteiger partial charge in [-0.1, -0.05) is 5.21 Å². The van der Waals surface area contributed by atoms with Crippen LogP contribution in [0, 0.1) is 5.82 Å². The number of rotatable bonds is 3. The Morgan fingerprint density at radius 1 is 1.31 bits per heavy atom. The van der Waals surface area contributed by atoms with Crippen molar-refractivity contribution in [3.63, 3.8) is 0 Å². The number of hydrogen-bond acceptors (Lipinski definition) is 4. The Balaban J connectivity index is 1.54. The van der Waals surface area contributed by atoms with E-state index in [4.69, 9.17) is 5.11 Å². The third-order valence-corrected chi connectivity index (χ3v) is 4.60. The number of nitrogens with one attached hydrogen (secondary N) is 1. The Bertz CT molecular complexity index is 995. The number of nitrogens with zero attached hydrogens (tertiary/aromatic N) is 4. The molecule has 1 amide bonds. The summed E-state index contributed by atoms with van der Waals surface area (Å²) in [6.07, 6.45) is 2.93. The number of piperidine rings is 1. The molecule has 1 fully saturated rings. The molecule has 2 aromatic heterocycles. The first kappa shape index (κ1) is 16.2. The Kier molecular flexibility index (Phi) is 3.90. The minimum absolute atomic E-state index is 0.119. The number of aromatic amines is 1. The summed E-state index contributed by atoms with van der Waals surface area (Å²) >= 11 is 0. The van der Waals surface area contributed by atoms with Crippen molar-refractivity contribution in [3.05, 3.63) is 47.7 Å². The van der Waals surface area contributed by atoms with Crippen LogP contribution >= 0.6 is 0 Å². The molecule has 134 valence electrons. The van der Waals surface area contributed by atoms with Gasteiger partial charge in [-0.15, -0.1) is 5.10 Å². The van der Waals surface area contributed by atoms with E-state index >= 15 is 0 Å². The minimum Gasteiger partial charge on any atom is -0.476 e. The fraction of sp³-hybridized carbons (Fsp3) is 0.294. The number of aromatic carboxylic acids is 1. The molecule has 3 heterocycles. The van der Waals surface area contributed by atoms with Gasteiger partial charge < -0.3 is 15.0 Å². The Morgan fingerprint density at radius 2 is 2.15 bits per heavy atom. The van der Waals surface area contributed by atoms with Crippen molar-refractivity contribution in [1.82, 2.24) is 24.9 Å². The molecule has 1 aliphatic rings. The highest BCUT2D eigenvalue weighted by molar-refractivity contribution is 5.98. The molecular formula is C17H16FN5O3. The molecule has 2 N–H and O–H groups in total. The number of amides is 1. The lowest BCUT2D eigenvalue weighted by atomic mass is 10.1. The molecule has 0 aliphatic carbocycles. The van der Waals surface area contributed by atoms with Crippen molar-refractivity contribution >= 4 is 22.8 Å². The monoisotopic (exact) mass is 357 g/mol. The van der Waals surface area contributed by atoms with Gasteiger partial charge in [-0.2, -0.15) is 0 Å². The fourth-order valence-corrected chi connectivity index (χ4v) is 3.30. The second-order valence-electron chi connectivity index (χ2n) is 6.35. The molecule has 26 heavy (non-hydrogen) atoms. The quantitative estimate of drug-likeness (QED) is 0.747. The second kappa shape index (κ2) is 6.25. The molecule has 0 bridgehead atoms. The van der Waals surface area contributed by atoms with E-state index in [2.05, 4.69) is 15.3 Å². The molecule has 1 atom stereocenters. The number of carbonyl (C=O) groups excluding carboxylic acids is 1. The normalized spacial score (nSPS) is 17.6. The summed E-state index contributed by atoms with van der Waals surface area (Å²) in [5.74, 6) is -1.66. The fourth-order valence-electron chi connectivity index (χ4n) is 3.30. The lowest BCUT2D eigenvalue weighted by Gasteiger charge is -2.32. The van der Waals surface area contributed by atoms with E-state index in [1.165, 1.54) is 23.0 Å². The summed E-state index contributed by atoms with van der Waals surface area (Å²) in [6, 6.07) is 5.83. The third kappa shape index (κ3) is 2.92. The molecule has 1 saturated heterocycles. The van der Waals surface area contributed by atoms with Gasteiger partial charge in [0, 0.05) is 24.0 Å². The number of likely N-dealkylation sites (tertiary alicyclic amines) is 1. The van der Waals surface area contributed by atoms with E-state index in [0.29, 0.717) is 29.7 Å². The summed E-state index contributed by atoms with van der Waals surface area (Å²) < 4.78 is 14.8. The predicted octanol–water partition coefficient (Wildman–Crippen LogP) is 2.07. The number of halogens is 1. The summed E-state index contributed by atoms with van der Waals surface area (Å²) in [4.78, 5) is 28.5. The minimum atomic E-state index is -1.13. The highest BCUT2D eigenvalue weighted by atomic mass is 19.1. The molecule has 0 spiro atoms. The van der Waals surface area contributed by atoms with Gasteiger partial charge in [0.05, 0.1) is 12.2 Å². The highest BCUT2D eigenvalue weighted by Gasteiger charge is 2.27. The SMILES string of the molecule is O=C(O)c1cn(C2CCCN(C(=O)c3cc4cc(F)ccc4[nH]3)C2)nn1. The van der Waals surface area contributed by atoms with Gasteiger partial charge in [-0.3, -0.25) is 4.79 Å². The van der Waals surface area contributed by atoms with Crippen LogP contribution in [0.1, 0.15) is 39.9 Å². The van der Waals surface area contributed by atoms with Crippen molar-refractivity contribution in [2.45, 2.75) is 18.9 Å². The van der Waals surface area contributed by atoms with E-state index in [-0.39, 0.29) is 23.5 Å². The van der Waals surface area contributed by atoms with Gasteiger partial charge >= 0.3 is 5.97 Å². The molecule has 4 rings (SSSR count). The lowest BCUT2D eigenvalue weighted by Crippen LogP contribution is -2.41. The van der Waals surface area contributed by atoms with Crippen molar-refractivity contribution < 1.29 is 19.1 Å². The number of carboxylic acids is 1. The zero-order valence-electron chi connectivity index (χ0n) is 13.7. The maximum absolute atomic E-state index is 13.3. The first-order chi connectivity index (χ1) is 12.5. The van der Waals surface area contributed by atoms with Gasteiger partial charge in [0.15, 0.2) is 5.69 Å². The summed E-state index contributed by atoms with van der Waals surface area (Å²) in [7, 11) is 0. The van der Waals surface area contributed by atoms with Crippen LogP contribution in [0.4, 0.5) is 4.39 Å². The van der Waals surface area contributed by atoms with Crippen LogP contribution in [-0.4, -0.2) is 55.0 Å². The number of aromatic nitrogens is 4. The van der Waals surface area contributed by atoms with Crippen LogP contribution in [0.15, 0.2) is 30.5 Å². The van der Waals surface area contributed by atoms with Gasteiger partial charge in [0.2, 0.25) is 0 Å². The van der Waals surface area contributed by atoms with Crippen LogP contribution in [-0.2, 0) is 0 Å². The first-order valence-electron chi connectivity index (χ1n) is 8.24. The van der Waals surface area contributed by atoms with E-state index < -0.39 is 5.97 Å². The zero-order valence-corrected chi connectivity index (χ0v) is 13.7. The van der Waals surface area contributed by atoms with Crippen molar-refractivity contribution in [2.75, 3.05) is 13.1 Å². The van der Waals surface area contributed by atoms with E-state index in [0.717, 1.165) is 12.8 Å². The summed E-state index contributed by atoms with van der Waals surface area (Å²) in [6.45, 7) is 1.00. The summed E-state index contributed by atoms with van der Waals surface area (Å²) in [5, 5.41) is 17.1. The molecule has 3 aromatic rings. The average molecular weight is 357 g/mol. The van der Waals surface area contributed by atoms with E-state index in [9.17, 15) is 14.0 Å². The Hall–Kier alpha value is -3.23. The third-order valence-electron chi connectivity index (χ3n) is 4.60. The largest absolute Gasteiger partial charge is 0.476 e. The number of hydrogen-bond donors (Lipinski definition) is 2. The maximum atomic E-state index is 13.3. The van der Waals surface area contributed by atoms with Crippen molar-refractivity contribution in [1.29, 1.82) is 0 Å². The molecule has 8 nitrogen and oxygen atoms in total. The number of carboxylic acid groups (broad SMARTS) is 1.